The third kappa shape index (κ3) is 2.82. The van der Waals surface area contributed by atoms with Crippen LogP contribution in [0.1, 0.15) is 68.2 Å². The minimum atomic E-state index is 0.0838. The highest BCUT2D eigenvalue weighted by molar-refractivity contribution is 5.74. The van der Waals surface area contributed by atoms with E-state index >= 15 is 0 Å². The fraction of sp³-hybridized carbons (Fsp3) is 0.476. The number of para-hydroxylation sites is 2. The summed E-state index contributed by atoms with van der Waals surface area (Å²) >= 11 is 0. The number of benzene rings is 1. The summed E-state index contributed by atoms with van der Waals surface area (Å²) in [5, 5.41) is 9.63. The van der Waals surface area contributed by atoms with Crippen molar-refractivity contribution in [3.63, 3.8) is 0 Å². The van der Waals surface area contributed by atoms with Gasteiger partial charge in [0, 0.05) is 11.8 Å². The topological polar surface area (TPSA) is 49.6 Å². The average Bonchev–Trinajstić information content (AvgIpc) is 2.67. The third-order valence-corrected chi connectivity index (χ3v) is 5.51. The summed E-state index contributed by atoms with van der Waals surface area (Å²) in [5.74, 6) is 0.679. The van der Waals surface area contributed by atoms with Gasteiger partial charge in [-0.05, 0) is 44.2 Å². The van der Waals surface area contributed by atoms with Gasteiger partial charge in [0.05, 0.1) is 34.4 Å². The Kier molecular flexibility index (Phi) is 4.30. The summed E-state index contributed by atoms with van der Waals surface area (Å²) in [7, 11) is 0. The Hall–Kier alpha value is -2.21. The van der Waals surface area contributed by atoms with Crippen molar-refractivity contribution in [1.82, 2.24) is 9.97 Å². The highest BCUT2D eigenvalue weighted by Crippen LogP contribution is 2.41. The molecule has 2 aliphatic carbocycles. The molecule has 24 heavy (non-hydrogen) atoms. The molecule has 3 unspecified atom stereocenters. The maximum absolute atomic E-state index is 9.63. The van der Waals surface area contributed by atoms with Gasteiger partial charge in [0.1, 0.15) is 0 Å². The lowest BCUT2D eigenvalue weighted by Gasteiger charge is -2.29. The minimum Gasteiger partial charge on any atom is -0.249 e. The number of aromatic nitrogens is 2. The van der Waals surface area contributed by atoms with Crippen molar-refractivity contribution < 1.29 is 0 Å². The van der Waals surface area contributed by atoms with Crippen LogP contribution in [-0.4, -0.2) is 9.97 Å². The Morgan fingerprint density at radius 1 is 0.917 bits per heavy atom. The second-order valence-corrected chi connectivity index (χ2v) is 7.07. The molecule has 3 atom stereocenters. The molecule has 3 nitrogen and oxygen atoms in total. The lowest BCUT2D eigenvalue weighted by Crippen LogP contribution is -2.21. The standard InChI is InChI=1S/C21H23N3/c22-14-16-10-4-5-11-17(16)21-20(15-8-2-1-3-9-15)23-18-12-6-7-13-19(18)24-21/h2,6-8,12-13,15-17H,1,3-5,9-11H2. The number of hydrogen-bond acceptors (Lipinski definition) is 3. The summed E-state index contributed by atoms with van der Waals surface area (Å²) in [6, 6.07) is 10.7. The van der Waals surface area contributed by atoms with E-state index < -0.39 is 0 Å². The van der Waals surface area contributed by atoms with Crippen LogP contribution in [0.15, 0.2) is 36.4 Å². The number of hydrogen-bond donors (Lipinski definition) is 0. The highest BCUT2D eigenvalue weighted by Gasteiger charge is 2.32. The van der Waals surface area contributed by atoms with Crippen molar-refractivity contribution >= 4 is 11.0 Å². The van der Waals surface area contributed by atoms with Crippen LogP contribution < -0.4 is 0 Å². The van der Waals surface area contributed by atoms with E-state index in [9.17, 15) is 5.26 Å². The van der Waals surface area contributed by atoms with Crippen molar-refractivity contribution in [2.45, 2.75) is 56.8 Å². The van der Waals surface area contributed by atoms with Gasteiger partial charge in [-0.15, -0.1) is 0 Å². The van der Waals surface area contributed by atoms with Crippen molar-refractivity contribution in [2.75, 3.05) is 0 Å². The lowest BCUT2D eigenvalue weighted by molar-refractivity contribution is 0.360. The Balaban J connectivity index is 1.86. The molecule has 0 N–H and O–H groups in total. The van der Waals surface area contributed by atoms with E-state index in [1.807, 2.05) is 24.3 Å². The molecular formula is C21H23N3. The first-order chi connectivity index (χ1) is 11.9. The van der Waals surface area contributed by atoms with Crippen LogP contribution in [0, 0.1) is 17.2 Å². The molecule has 1 saturated carbocycles. The van der Waals surface area contributed by atoms with E-state index in [-0.39, 0.29) is 11.8 Å². The van der Waals surface area contributed by atoms with Crippen LogP contribution in [0.4, 0.5) is 0 Å². The molecule has 1 aromatic carbocycles. The number of fused-ring (bicyclic) bond motifs is 1. The van der Waals surface area contributed by atoms with Gasteiger partial charge in [0.15, 0.2) is 0 Å². The van der Waals surface area contributed by atoms with Gasteiger partial charge in [-0.3, -0.25) is 0 Å². The van der Waals surface area contributed by atoms with Crippen LogP contribution in [0.5, 0.6) is 0 Å². The molecule has 0 radical (unpaired) electrons. The highest BCUT2D eigenvalue weighted by atomic mass is 14.8. The Morgan fingerprint density at radius 3 is 2.38 bits per heavy atom. The molecule has 0 amide bonds. The van der Waals surface area contributed by atoms with Crippen molar-refractivity contribution in [3.05, 3.63) is 47.8 Å². The zero-order chi connectivity index (χ0) is 16.4. The molecule has 1 aromatic heterocycles. The van der Waals surface area contributed by atoms with Crippen LogP contribution in [0.25, 0.3) is 11.0 Å². The van der Waals surface area contributed by atoms with Crippen LogP contribution >= 0.6 is 0 Å². The van der Waals surface area contributed by atoms with Crippen molar-refractivity contribution in [3.8, 4) is 6.07 Å². The van der Waals surface area contributed by atoms with Gasteiger partial charge in [-0.25, -0.2) is 9.97 Å². The van der Waals surface area contributed by atoms with Crippen molar-refractivity contribution in [1.29, 1.82) is 5.26 Å². The van der Waals surface area contributed by atoms with Gasteiger partial charge < -0.3 is 0 Å². The van der Waals surface area contributed by atoms with E-state index in [4.69, 9.17) is 9.97 Å². The largest absolute Gasteiger partial charge is 0.249 e. The van der Waals surface area contributed by atoms with E-state index in [1.54, 1.807) is 0 Å². The maximum Gasteiger partial charge on any atom is 0.0890 e. The molecule has 2 aliphatic rings. The van der Waals surface area contributed by atoms with E-state index in [2.05, 4.69) is 18.2 Å². The fourth-order valence-electron chi connectivity index (χ4n) is 4.23. The predicted molar refractivity (Wildman–Crippen MR) is 95.6 cm³/mol. The summed E-state index contributed by atoms with van der Waals surface area (Å²) in [6.07, 6.45) is 12.5. The first kappa shape index (κ1) is 15.3. The molecule has 1 fully saturated rings. The smallest absolute Gasteiger partial charge is 0.0890 e. The Labute approximate surface area is 143 Å². The van der Waals surface area contributed by atoms with Crippen LogP contribution in [0.2, 0.25) is 0 Å². The number of rotatable bonds is 2. The van der Waals surface area contributed by atoms with Crippen LogP contribution in [-0.2, 0) is 0 Å². The molecule has 0 saturated heterocycles. The third-order valence-electron chi connectivity index (χ3n) is 5.51. The Morgan fingerprint density at radius 2 is 1.67 bits per heavy atom. The fourth-order valence-corrected chi connectivity index (χ4v) is 4.23. The molecule has 4 rings (SSSR count). The normalized spacial score (nSPS) is 27.0. The van der Waals surface area contributed by atoms with Gasteiger partial charge in [-0.2, -0.15) is 5.26 Å². The molecule has 3 heteroatoms. The predicted octanol–water partition coefficient (Wildman–Crippen LogP) is 5.25. The van der Waals surface area contributed by atoms with Gasteiger partial charge in [0.2, 0.25) is 0 Å². The lowest BCUT2D eigenvalue weighted by atomic mass is 9.76. The number of allylic oxidation sites excluding steroid dienone is 2. The first-order valence-electron chi connectivity index (χ1n) is 9.19. The van der Waals surface area contributed by atoms with E-state index in [0.717, 1.165) is 54.5 Å². The van der Waals surface area contributed by atoms with Gasteiger partial charge in [0.25, 0.3) is 0 Å². The molecule has 1 heterocycles. The molecule has 0 bridgehead atoms. The SMILES string of the molecule is N#CC1CCCCC1c1nc2ccccc2nc1C1C=CCCC1. The molecule has 0 aliphatic heterocycles. The maximum atomic E-state index is 9.63. The second-order valence-electron chi connectivity index (χ2n) is 7.07. The van der Waals surface area contributed by atoms with E-state index in [1.165, 1.54) is 12.8 Å². The summed E-state index contributed by atoms with van der Waals surface area (Å²) in [5.41, 5.74) is 4.14. The van der Waals surface area contributed by atoms with Gasteiger partial charge in [-0.1, -0.05) is 37.1 Å². The number of nitriles is 1. The minimum absolute atomic E-state index is 0.0838. The monoisotopic (exact) mass is 317 g/mol. The molecule has 2 aromatic rings. The Bertz CT molecular complexity index is 802. The van der Waals surface area contributed by atoms with Gasteiger partial charge >= 0.3 is 0 Å². The zero-order valence-electron chi connectivity index (χ0n) is 14.0. The zero-order valence-corrected chi connectivity index (χ0v) is 14.0. The summed E-state index contributed by atoms with van der Waals surface area (Å²) in [4.78, 5) is 10.0. The van der Waals surface area contributed by atoms with Crippen LogP contribution in [0.3, 0.4) is 0 Å². The summed E-state index contributed by atoms with van der Waals surface area (Å²) < 4.78 is 0. The average molecular weight is 317 g/mol. The molecular weight excluding hydrogens is 294 g/mol. The molecule has 122 valence electrons. The number of nitrogens with zero attached hydrogens (tertiary/aromatic N) is 3. The quantitative estimate of drug-likeness (QED) is 0.711. The molecule has 0 spiro atoms. The van der Waals surface area contributed by atoms with E-state index in [0.29, 0.717) is 5.92 Å². The second kappa shape index (κ2) is 6.73. The first-order valence-corrected chi connectivity index (χ1v) is 9.19. The van der Waals surface area contributed by atoms with Crippen molar-refractivity contribution in [2.24, 2.45) is 5.92 Å². The summed E-state index contributed by atoms with van der Waals surface area (Å²) in [6.45, 7) is 0.